The summed E-state index contributed by atoms with van der Waals surface area (Å²) in [6.45, 7) is 3.47. The van der Waals surface area contributed by atoms with Gasteiger partial charge in [-0.05, 0) is 55.4 Å². The van der Waals surface area contributed by atoms with Crippen LogP contribution in [0.25, 0.3) is 23.0 Å². The van der Waals surface area contributed by atoms with E-state index in [1.54, 1.807) is 4.90 Å². The van der Waals surface area contributed by atoms with Crippen LogP contribution in [0.2, 0.25) is 0 Å². The number of nitrogens with zero attached hydrogens (tertiary/aromatic N) is 3. The molecule has 2 aliphatic rings. The Kier molecular flexibility index (Phi) is 7.72. The third-order valence-electron chi connectivity index (χ3n) is 5.93. The summed E-state index contributed by atoms with van der Waals surface area (Å²) in [5, 5.41) is 4.91. The van der Waals surface area contributed by atoms with Gasteiger partial charge in [-0.25, -0.2) is 4.68 Å². The van der Waals surface area contributed by atoms with Gasteiger partial charge in [-0.3, -0.25) is 9.69 Å². The number of carbonyl (C=O) groups is 1. The molecule has 2 aliphatic heterocycles. The van der Waals surface area contributed by atoms with Crippen LogP contribution in [0.1, 0.15) is 31.7 Å². The molecule has 0 unspecified atom stereocenters. The van der Waals surface area contributed by atoms with Crippen molar-refractivity contribution in [2.24, 2.45) is 0 Å². The Bertz CT molecular complexity index is 1230. The molecule has 2 aromatic carbocycles. The molecule has 5 rings (SSSR count). The van der Waals surface area contributed by atoms with Crippen LogP contribution >= 0.6 is 35.7 Å². The number of aromatic nitrogens is 2. The summed E-state index contributed by atoms with van der Waals surface area (Å²) in [5.41, 5.74) is 3.71. The van der Waals surface area contributed by atoms with E-state index in [-0.39, 0.29) is 12.0 Å². The van der Waals surface area contributed by atoms with Crippen molar-refractivity contribution >= 4 is 52.0 Å². The predicted molar refractivity (Wildman–Crippen MR) is 149 cm³/mol. The number of benzene rings is 2. The van der Waals surface area contributed by atoms with E-state index in [1.807, 2.05) is 59.0 Å². The first-order valence-electron chi connectivity index (χ1n) is 11.9. The number of ether oxygens (including phenoxy) is 1. The van der Waals surface area contributed by atoms with Crippen molar-refractivity contribution in [3.8, 4) is 16.9 Å². The summed E-state index contributed by atoms with van der Waals surface area (Å²) in [6.07, 6.45) is 7.12. The standard InChI is InChI=1S/C27H27N3O2S3/c1-2-15-34-23-12-10-19(11-13-23)25-20(17-30(28-25)21-7-4-3-5-8-21)16-24-26(31)29(27(33)35-24)18-22-9-6-14-32-22/h3-5,7-8,10-13,16-17,22H,2,6,9,14-15,18H2,1H3/b24-16-/t22-/m1/s1. The molecule has 2 saturated heterocycles. The van der Waals surface area contributed by atoms with Gasteiger partial charge in [-0.1, -0.05) is 61.2 Å². The average Bonchev–Trinajstić information content (AvgIpc) is 3.61. The lowest BCUT2D eigenvalue weighted by molar-refractivity contribution is -0.123. The molecule has 180 valence electrons. The van der Waals surface area contributed by atoms with Crippen LogP contribution < -0.4 is 0 Å². The molecule has 0 N–H and O–H groups in total. The van der Waals surface area contributed by atoms with Crippen molar-refractivity contribution in [3.05, 3.63) is 71.3 Å². The molecular formula is C27H27N3O2S3. The Labute approximate surface area is 219 Å². The Hall–Kier alpha value is -2.39. The van der Waals surface area contributed by atoms with Crippen molar-refractivity contribution < 1.29 is 9.53 Å². The van der Waals surface area contributed by atoms with E-state index in [0.29, 0.717) is 15.8 Å². The molecule has 0 radical (unpaired) electrons. The van der Waals surface area contributed by atoms with Gasteiger partial charge in [0.2, 0.25) is 0 Å². The summed E-state index contributed by atoms with van der Waals surface area (Å²) in [5.74, 6) is 1.04. The first kappa shape index (κ1) is 24.3. The van der Waals surface area contributed by atoms with Crippen molar-refractivity contribution in [1.29, 1.82) is 0 Å². The zero-order chi connectivity index (χ0) is 24.2. The second-order valence-electron chi connectivity index (χ2n) is 8.51. The van der Waals surface area contributed by atoms with E-state index >= 15 is 0 Å². The molecule has 0 bridgehead atoms. The van der Waals surface area contributed by atoms with Gasteiger partial charge in [-0.2, -0.15) is 5.10 Å². The number of para-hydroxylation sites is 1. The van der Waals surface area contributed by atoms with E-state index < -0.39 is 0 Å². The number of thioether (sulfide) groups is 2. The molecule has 1 aromatic heterocycles. The zero-order valence-corrected chi connectivity index (χ0v) is 22.0. The first-order chi connectivity index (χ1) is 17.1. The highest BCUT2D eigenvalue weighted by Gasteiger charge is 2.35. The number of amides is 1. The first-order valence-corrected chi connectivity index (χ1v) is 14.1. The SMILES string of the molecule is CCCSc1ccc(-c2nn(-c3ccccc3)cc2/C=C2\SC(=S)N(C[C@H]3CCCO3)C2=O)cc1. The minimum atomic E-state index is -0.0553. The van der Waals surface area contributed by atoms with Crippen molar-refractivity contribution in [3.63, 3.8) is 0 Å². The van der Waals surface area contributed by atoms with E-state index in [4.69, 9.17) is 22.1 Å². The third kappa shape index (κ3) is 5.56. The average molecular weight is 522 g/mol. The summed E-state index contributed by atoms with van der Waals surface area (Å²) < 4.78 is 8.19. The lowest BCUT2D eigenvalue weighted by Gasteiger charge is -2.18. The van der Waals surface area contributed by atoms with Gasteiger partial charge in [-0.15, -0.1) is 11.8 Å². The minimum absolute atomic E-state index is 0.0553. The highest BCUT2D eigenvalue weighted by Crippen LogP contribution is 2.36. The van der Waals surface area contributed by atoms with Crippen LogP contribution in [0, 0.1) is 0 Å². The molecule has 8 heteroatoms. The fraction of sp³-hybridized carbons (Fsp3) is 0.296. The Morgan fingerprint density at radius 2 is 2.00 bits per heavy atom. The molecule has 0 aliphatic carbocycles. The smallest absolute Gasteiger partial charge is 0.266 e. The largest absolute Gasteiger partial charge is 0.376 e. The normalized spacial score (nSPS) is 19.3. The van der Waals surface area contributed by atoms with Crippen LogP contribution in [0.3, 0.4) is 0 Å². The molecule has 2 fully saturated rings. The predicted octanol–water partition coefficient (Wildman–Crippen LogP) is 6.42. The second kappa shape index (κ2) is 11.1. The third-order valence-corrected chi connectivity index (χ3v) is 8.53. The fourth-order valence-corrected chi connectivity index (χ4v) is 6.18. The molecule has 5 nitrogen and oxygen atoms in total. The summed E-state index contributed by atoms with van der Waals surface area (Å²) in [7, 11) is 0. The highest BCUT2D eigenvalue weighted by atomic mass is 32.2. The van der Waals surface area contributed by atoms with Gasteiger partial charge < -0.3 is 4.74 Å². The molecule has 0 saturated carbocycles. The fourth-order valence-electron chi connectivity index (χ4n) is 4.15. The second-order valence-corrected chi connectivity index (χ2v) is 11.4. The molecule has 1 amide bonds. The Balaban J connectivity index is 1.47. The monoisotopic (exact) mass is 521 g/mol. The molecule has 3 heterocycles. The van der Waals surface area contributed by atoms with Crippen LogP contribution in [0.5, 0.6) is 0 Å². The Morgan fingerprint density at radius 3 is 2.71 bits per heavy atom. The van der Waals surface area contributed by atoms with E-state index in [1.165, 1.54) is 16.7 Å². The summed E-state index contributed by atoms with van der Waals surface area (Å²) in [4.78, 5) is 16.8. The van der Waals surface area contributed by atoms with E-state index in [0.717, 1.165) is 54.1 Å². The van der Waals surface area contributed by atoms with Crippen molar-refractivity contribution in [2.75, 3.05) is 18.9 Å². The molecule has 1 atom stereocenters. The lowest BCUT2D eigenvalue weighted by Crippen LogP contribution is -2.35. The maximum absolute atomic E-state index is 13.2. The lowest BCUT2D eigenvalue weighted by atomic mass is 10.1. The zero-order valence-electron chi connectivity index (χ0n) is 19.6. The summed E-state index contributed by atoms with van der Waals surface area (Å²) >= 11 is 8.76. The van der Waals surface area contributed by atoms with Crippen molar-refractivity contribution in [2.45, 2.75) is 37.2 Å². The van der Waals surface area contributed by atoms with Crippen LogP contribution in [-0.2, 0) is 9.53 Å². The molecular weight excluding hydrogens is 495 g/mol. The molecule has 0 spiro atoms. The topological polar surface area (TPSA) is 47.4 Å². The number of carbonyl (C=O) groups excluding carboxylic acids is 1. The minimum Gasteiger partial charge on any atom is -0.376 e. The maximum atomic E-state index is 13.2. The molecule has 35 heavy (non-hydrogen) atoms. The highest BCUT2D eigenvalue weighted by molar-refractivity contribution is 8.26. The van der Waals surface area contributed by atoms with Gasteiger partial charge in [0, 0.05) is 28.8 Å². The van der Waals surface area contributed by atoms with Gasteiger partial charge in [0.1, 0.15) is 4.32 Å². The van der Waals surface area contributed by atoms with E-state index in [2.05, 4.69) is 31.2 Å². The van der Waals surface area contributed by atoms with Gasteiger partial charge >= 0.3 is 0 Å². The quantitative estimate of drug-likeness (QED) is 0.194. The van der Waals surface area contributed by atoms with Gasteiger partial charge in [0.15, 0.2) is 0 Å². The maximum Gasteiger partial charge on any atom is 0.266 e. The Morgan fingerprint density at radius 1 is 1.20 bits per heavy atom. The number of hydrogen-bond acceptors (Lipinski definition) is 6. The van der Waals surface area contributed by atoms with E-state index in [9.17, 15) is 4.79 Å². The van der Waals surface area contributed by atoms with Crippen LogP contribution in [-0.4, -0.2) is 49.9 Å². The van der Waals surface area contributed by atoms with Gasteiger partial charge in [0.05, 0.1) is 28.9 Å². The van der Waals surface area contributed by atoms with Crippen molar-refractivity contribution in [1.82, 2.24) is 14.7 Å². The van der Waals surface area contributed by atoms with Crippen LogP contribution in [0.15, 0.2) is 70.6 Å². The number of thiocarbonyl (C=S) groups is 1. The number of hydrogen-bond donors (Lipinski definition) is 0. The summed E-state index contributed by atoms with van der Waals surface area (Å²) in [6, 6.07) is 18.5. The van der Waals surface area contributed by atoms with Crippen LogP contribution in [0.4, 0.5) is 0 Å². The van der Waals surface area contributed by atoms with Gasteiger partial charge in [0.25, 0.3) is 5.91 Å². The number of rotatable bonds is 8. The molecule has 3 aromatic rings.